The molecule has 0 spiro atoms. The van der Waals surface area contributed by atoms with Crippen molar-refractivity contribution in [3.8, 4) is 11.5 Å². The summed E-state index contributed by atoms with van der Waals surface area (Å²) in [5.74, 6) is -0.709. The Morgan fingerprint density at radius 3 is 2.45 bits per heavy atom. The fourth-order valence-electron chi connectivity index (χ4n) is 3.35. The van der Waals surface area contributed by atoms with Gasteiger partial charge < -0.3 is 19.5 Å². The first kappa shape index (κ1) is 20.4. The lowest BCUT2D eigenvalue weighted by atomic mass is 10.1. The number of esters is 1. The van der Waals surface area contributed by atoms with Crippen molar-refractivity contribution in [2.24, 2.45) is 0 Å². The number of hydrogen-bond acceptors (Lipinski definition) is 7. The smallest absolute Gasteiger partial charge is 0.306 e. The van der Waals surface area contributed by atoms with Crippen LogP contribution in [0.1, 0.15) is 40.5 Å². The van der Waals surface area contributed by atoms with Crippen LogP contribution in [0.25, 0.3) is 0 Å². The predicted molar refractivity (Wildman–Crippen MR) is 108 cm³/mol. The molecule has 0 aromatic heterocycles. The van der Waals surface area contributed by atoms with E-state index in [1.165, 1.54) is 6.92 Å². The molecule has 9 heteroatoms. The zero-order valence-electron chi connectivity index (χ0n) is 16.8. The Bertz CT molecular complexity index is 1030. The number of rotatable bonds is 7. The Labute approximate surface area is 177 Å². The number of amides is 3. The minimum Gasteiger partial charge on any atom is -0.454 e. The number of anilines is 1. The Balaban J connectivity index is 1.23. The van der Waals surface area contributed by atoms with Crippen LogP contribution in [0.3, 0.4) is 0 Å². The van der Waals surface area contributed by atoms with Crippen LogP contribution in [0.15, 0.2) is 42.5 Å². The summed E-state index contributed by atoms with van der Waals surface area (Å²) in [6.07, 6.45) is -0.812. The molecule has 0 bridgehead atoms. The van der Waals surface area contributed by atoms with Gasteiger partial charge in [0.1, 0.15) is 0 Å². The number of nitrogens with zero attached hydrogens (tertiary/aromatic N) is 1. The molecule has 1 atom stereocenters. The van der Waals surface area contributed by atoms with Gasteiger partial charge in [-0.25, -0.2) is 0 Å². The summed E-state index contributed by atoms with van der Waals surface area (Å²) < 4.78 is 15.6. The molecule has 0 unspecified atom stereocenters. The molecule has 4 rings (SSSR count). The van der Waals surface area contributed by atoms with Gasteiger partial charge in [0.25, 0.3) is 17.7 Å². The van der Waals surface area contributed by atoms with Crippen molar-refractivity contribution in [2.45, 2.75) is 25.9 Å². The lowest BCUT2D eigenvalue weighted by molar-refractivity contribution is -0.153. The van der Waals surface area contributed by atoms with Crippen LogP contribution in [0, 0.1) is 0 Å². The van der Waals surface area contributed by atoms with E-state index in [0.29, 0.717) is 28.3 Å². The molecular weight excluding hydrogens is 404 g/mol. The van der Waals surface area contributed by atoms with E-state index < -0.39 is 18.0 Å². The lowest BCUT2D eigenvalue weighted by Crippen LogP contribution is -2.32. The van der Waals surface area contributed by atoms with E-state index in [-0.39, 0.29) is 38.0 Å². The number of ether oxygens (including phenoxy) is 3. The summed E-state index contributed by atoms with van der Waals surface area (Å²) in [5.41, 5.74) is 1.22. The van der Waals surface area contributed by atoms with Crippen molar-refractivity contribution < 1.29 is 33.4 Å². The molecule has 0 radical (unpaired) electrons. The zero-order valence-corrected chi connectivity index (χ0v) is 16.8. The molecule has 3 amide bonds. The summed E-state index contributed by atoms with van der Waals surface area (Å²) in [6, 6.07) is 11.5. The molecule has 2 heterocycles. The highest BCUT2D eigenvalue weighted by Crippen LogP contribution is 2.34. The third-order valence-corrected chi connectivity index (χ3v) is 4.96. The number of carbonyl (C=O) groups excluding carboxylic acids is 4. The maximum Gasteiger partial charge on any atom is 0.306 e. The fourth-order valence-corrected chi connectivity index (χ4v) is 3.35. The fraction of sp³-hybridized carbons (Fsp3) is 0.273. The number of imide groups is 1. The number of benzene rings is 2. The molecule has 0 aliphatic carbocycles. The second kappa shape index (κ2) is 8.47. The molecule has 0 saturated heterocycles. The highest BCUT2D eigenvalue weighted by atomic mass is 16.7. The summed E-state index contributed by atoms with van der Waals surface area (Å²) in [4.78, 5) is 50.1. The first-order chi connectivity index (χ1) is 14.9. The van der Waals surface area contributed by atoms with Gasteiger partial charge in [-0.2, -0.15) is 0 Å². The second-order valence-corrected chi connectivity index (χ2v) is 7.10. The number of fused-ring (bicyclic) bond motifs is 2. The van der Waals surface area contributed by atoms with Gasteiger partial charge in [-0.1, -0.05) is 12.1 Å². The Hall–Kier alpha value is -3.88. The average molecular weight is 424 g/mol. The van der Waals surface area contributed by atoms with E-state index >= 15 is 0 Å². The minimum absolute atomic E-state index is 0.0327. The normalized spacial score (nSPS) is 14.9. The molecule has 2 aliphatic heterocycles. The van der Waals surface area contributed by atoms with Gasteiger partial charge in [0, 0.05) is 24.7 Å². The number of hydrogen-bond donors (Lipinski definition) is 1. The second-order valence-electron chi connectivity index (χ2n) is 7.10. The van der Waals surface area contributed by atoms with Gasteiger partial charge in [0.15, 0.2) is 17.6 Å². The van der Waals surface area contributed by atoms with Crippen LogP contribution in [0.2, 0.25) is 0 Å². The minimum atomic E-state index is -1.02. The Morgan fingerprint density at radius 2 is 1.74 bits per heavy atom. The molecule has 2 aromatic rings. The summed E-state index contributed by atoms with van der Waals surface area (Å²) >= 11 is 0. The van der Waals surface area contributed by atoms with Gasteiger partial charge in [-0.3, -0.25) is 24.1 Å². The van der Waals surface area contributed by atoms with Crippen LogP contribution in [0.5, 0.6) is 11.5 Å². The number of nitrogens with one attached hydrogen (secondary N) is 1. The van der Waals surface area contributed by atoms with E-state index in [0.717, 1.165) is 4.90 Å². The van der Waals surface area contributed by atoms with Crippen LogP contribution in [0.4, 0.5) is 5.69 Å². The van der Waals surface area contributed by atoms with Gasteiger partial charge in [0.2, 0.25) is 6.79 Å². The summed E-state index contributed by atoms with van der Waals surface area (Å²) in [5, 5.41) is 2.65. The molecule has 0 saturated carbocycles. The van der Waals surface area contributed by atoms with Gasteiger partial charge in [-0.15, -0.1) is 0 Å². The molecule has 2 aromatic carbocycles. The lowest BCUT2D eigenvalue weighted by Gasteiger charge is -2.15. The standard InChI is InChI=1S/C22H20N2O7/c1-13(20(26)23-14-8-9-17-18(11-14)30-12-29-17)31-19(25)7-4-10-24-21(27)15-5-2-3-6-16(15)22(24)28/h2-3,5-6,8-9,11,13H,4,7,10,12H2,1H3,(H,23,26)/t13-/m1/s1. The van der Waals surface area contributed by atoms with E-state index in [4.69, 9.17) is 14.2 Å². The van der Waals surface area contributed by atoms with E-state index in [1.54, 1.807) is 42.5 Å². The van der Waals surface area contributed by atoms with E-state index in [2.05, 4.69) is 5.32 Å². The molecule has 160 valence electrons. The van der Waals surface area contributed by atoms with Crippen molar-refractivity contribution in [1.29, 1.82) is 0 Å². The van der Waals surface area contributed by atoms with Crippen molar-refractivity contribution in [3.05, 3.63) is 53.6 Å². The molecule has 0 fully saturated rings. The van der Waals surface area contributed by atoms with Crippen LogP contribution in [-0.4, -0.2) is 48.0 Å². The van der Waals surface area contributed by atoms with Gasteiger partial charge >= 0.3 is 5.97 Å². The van der Waals surface area contributed by atoms with Crippen molar-refractivity contribution >= 4 is 29.4 Å². The summed E-state index contributed by atoms with van der Waals surface area (Å²) in [7, 11) is 0. The van der Waals surface area contributed by atoms with Gasteiger partial charge in [0.05, 0.1) is 11.1 Å². The highest BCUT2D eigenvalue weighted by molar-refractivity contribution is 6.21. The van der Waals surface area contributed by atoms with Crippen molar-refractivity contribution in [3.63, 3.8) is 0 Å². The van der Waals surface area contributed by atoms with Crippen molar-refractivity contribution in [2.75, 3.05) is 18.7 Å². The maximum atomic E-state index is 12.3. The average Bonchev–Trinajstić information content (AvgIpc) is 3.32. The predicted octanol–water partition coefficient (Wildman–Crippen LogP) is 2.36. The first-order valence-corrected chi connectivity index (χ1v) is 9.79. The Morgan fingerprint density at radius 1 is 1.06 bits per heavy atom. The topological polar surface area (TPSA) is 111 Å². The summed E-state index contributed by atoms with van der Waals surface area (Å²) in [6.45, 7) is 1.69. The van der Waals surface area contributed by atoms with Crippen LogP contribution >= 0.6 is 0 Å². The third-order valence-electron chi connectivity index (χ3n) is 4.96. The quantitative estimate of drug-likeness (QED) is 0.536. The monoisotopic (exact) mass is 424 g/mol. The largest absolute Gasteiger partial charge is 0.454 e. The molecule has 31 heavy (non-hydrogen) atoms. The van der Waals surface area contributed by atoms with Gasteiger partial charge in [-0.05, 0) is 37.6 Å². The maximum absolute atomic E-state index is 12.3. The van der Waals surface area contributed by atoms with E-state index in [1.807, 2.05) is 0 Å². The first-order valence-electron chi connectivity index (χ1n) is 9.79. The third kappa shape index (κ3) is 4.20. The zero-order chi connectivity index (χ0) is 22.0. The van der Waals surface area contributed by atoms with Crippen molar-refractivity contribution in [1.82, 2.24) is 4.90 Å². The molecule has 1 N–H and O–H groups in total. The SMILES string of the molecule is C[C@@H](OC(=O)CCCN1C(=O)c2ccccc2C1=O)C(=O)Nc1ccc2c(c1)OCO2. The van der Waals surface area contributed by atoms with Crippen LogP contribution in [-0.2, 0) is 14.3 Å². The number of carbonyl (C=O) groups is 4. The Kier molecular flexibility index (Phi) is 5.57. The van der Waals surface area contributed by atoms with E-state index in [9.17, 15) is 19.2 Å². The highest BCUT2D eigenvalue weighted by Gasteiger charge is 2.34. The van der Waals surface area contributed by atoms with Crippen LogP contribution < -0.4 is 14.8 Å². The molecule has 2 aliphatic rings. The molecular formula is C22H20N2O7. The molecule has 9 nitrogen and oxygen atoms in total.